The molecule has 2 nitrogen and oxygen atoms in total. The molecule has 1 heterocycles. The molecule has 0 radical (unpaired) electrons. The highest BCUT2D eigenvalue weighted by Crippen LogP contribution is 1.99. The Bertz CT molecular complexity index is 55.1. The van der Waals surface area contributed by atoms with Crippen molar-refractivity contribution >= 4 is 0 Å². The molecular weight excluding hydrogens is 88.1 g/mol. The van der Waals surface area contributed by atoms with E-state index in [2.05, 4.69) is 24.4 Å². The molecule has 0 aromatic carbocycles. The number of hydrazine groups is 1. The summed E-state index contributed by atoms with van der Waals surface area (Å²) in [5.74, 6) is 0. The summed E-state index contributed by atoms with van der Waals surface area (Å²) < 4.78 is 0. The number of rotatable bonds is 0. The van der Waals surface area contributed by atoms with Crippen LogP contribution < -0.4 is 5.43 Å². The Hall–Kier alpha value is -0.0800. The highest BCUT2D eigenvalue weighted by atomic mass is 15.5. The van der Waals surface area contributed by atoms with Crippen molar-refractivity contribution in [3.05, 3.63) is 0 Å². The van der Waals surface area contributed by atoms with Crippen molar-refractivity contribution in [1.82, 2.24) is 10.4 Å². The molecule has 1 rings (SSSR count). The summed E-state index contributed by atoms with van der Waals surface area (Å²) in [6, 6.07) is 0.699. The third-order valence-corrected chi connectivity index (χ3v) is 1.34. The fourth-order valence-corrected chi connectivity index (χ4v) is 0.893. The molecule has 1 aliphatic heterocycles. The first-order chi connectivity index (χ1) is 3.29. The molecule has 1 saturated heterocycles. The average Bonchev–Trinajstić information content (AvgIpc) is 1.87. The van der Waals surface area contributed by atoms with Crippen LogP contribution in [0, 0.1) is 0 Å². The van der Waals surface area contributed by atoms with Crippen molar-refractivity contribution in [3.63, 3.8) is 0 Å². The highest BCUT2D eigenvalue weighted by molar-refractivity contribution is 4.66. The number of hydrogen-bond acceptors (Lipinski definition) is 2. The van der Waals surface area contributed by atoms with Crippen LogP contribution in [0.4, 0.5) is 0 Å². The summed E-state index contributed by atoms with van der Waals surface area (Å²) >= 11 is 0. The first-order valence-electron chi connectivity index (χ1n) is 2.76. The minimum absolute atomic E-state index is 0.699. The van der Waals surface area contributed by atoms with E-state index >= 15 is 0 Å². The van der Waals surface area contributed by atoms with Crippen LogP contribution >= 0.6 is 0 Å². The van der Waals surface area contributed by atoms with Gasteiger partial charge in [-0.05, 0) is 13.3 Å². The van der Waals surface area contributed by atoms with E-state index in [4.69, 9.17) is 0 Å². The predicted octanol–water partition coefficient (Wildman–Crippen LogP) is 0.215. The predicted molar refractivity (Wildman–Crippen MR) is 29.8 cm³/mol. The zero-order valence-electron chi connectivity index (χ0n) is 4.94. The Morgan fingerprint density at radius 3 is 2.57 bits per heavy atom. The van der Waals surface area contributed by atoms with Gasteiger partial charge < -0.3 is 0 Å². The molecule has 1 fully saturated rings. The monoisotopic (exact) mass is 100 g/mol. The van der Waals surface area contributed by atoms with Crippen LogP contribution in [0.2, 0.25) is 0 Å². The number of nitrogens with one attached hydrogen (secondary N) is 1. The molecule has 0 spiro atoms. The third kappa shape index (κ3) is 1.14. The van der Waals surface area contributed by atoms with Crippen LogP contribution in [0.5, 0.6) is 0 Å². The molecule has 0 amide bonds. The highest BCUT2D eigenvalue weighted by Gasteiger charge is 2.11. The summed E-state index contributed by atoms with van der Waals surface area (Å²) in [6.45, 7) is 3.39. The summed E-state index contributed by atoms with van der Waals surface area (Å²) in [6.07, 6.45) is 1.29. The van der Waals surface area contributed by atoms with Gasteiger partial charge in [0.1, 0.15) is 0 Å². The fourth-order valence-electron chi connectivity index (χ4n) is 0.893. The van der Waals surface area contributed by atoms with E-state index in [9.17, 15) is 0 Å². The van der Waals surface area contributed by atoms with Gasteiger partial charge in [0.25, 0.3) is 0 Å². The Kier molecular flexibility index (Phi) is 1.30. The first-order valence-corrected chi connectivity index (χ1v) is 2.76. The van der Waals surface area contributed by atoms with Crippen LogP contribution in [0.3, 0.4) is 0 Å². The maximum absolute atomic E-state index is 3.25. The smallest absolute Gasteiger partial charge is 0.0199 e. The summed E-state index contributed by atoms with van der Waals surface area (Å²) in [4.78, 5) is 0. The van der Waals surface area contributed by atoms with E-state index < -0.39 is 0 Å². The van der Waals surface area contributed by atoms with Crippen molar-refractivity contribution in [2.75, 3.05) is 13.6 Å². The Morgan fingerprint density at radius 1 is 1.71 bits per heavy atom. The number of hydrogen-bond donors (Lipinski definition) is 1. The minimum Gasteiger partial charge on any atom is -0.253 e. The molecule has 1 unspecified atom stereocenters. The lowest BCUT2D eigenvalue weighted by Gasteiger charge is -2.06. The van der Waals surface area contributed by atoms with Gasteiger partial charge in [-0.3, -0.25) is 5.43 Å². The van der Waals surface area contributed by atoms with Gasteiger partial charge >= 0.3 is 0 Å². The number of nitrogens with zero attached hydrogens (tertiary/aromatic N) is 1. The summed E-state index contributed by atoms with van der Waals surface area (Å²) in [5, 5.41) is 2.13. The van der Waals surface area contributed by atoms with Gasteiger partial charge in [0.05, 0.1) is 0 Å². The Balaban J connectivity index is 2.26. The molecule has 0 aliphatic carbocycles. The molecule has 42 valence electrons. The molecule has 0 aromatic heterocycles. The Morgan fingerprint density at radius 2 is 2.43 bits per heavy atom. The van der Waals surface area contributed by atoms with Gasteiger partial charge in [0.2, 0.25) is 0 Å². The quantitative estimate of drug-likeness (QED) is 0.468. The second-order valence-electron chi connectivity index (χ2n) is 2.24. The Labute approximate surface area is 44.5 Å². The van der Waals surface area contributed by atoms with Crippen molar-refractivity contribution < 1.29 is 0 Å². The van der Waals surface area contributed by atoms with Gasteiger partial charge in [-0.2, -0.15) is 0 Å². The lowest BCUT2D eigenvalue weighted by molar-refractivity contribution is 0.296. The molecule has 0 aromatic rings. The van der Waals surface area contributed by atoms with E-state index in [0.29, 0.717) is 6.04 Å². The fraction of sp³-hybridized carbons (Fsp3) is 1.00. The van der Waals surface area contributed by atoms with Crippen LogP contribution in [0.25, 0.3) is 0 Å². The van der Waals surface area contributed by atoms with Crippen molar-refractivity contribution in [3.8, 4) is 0 Å². The van der Waals surface area contributed by atoms with Crippen molar-refractivity contribution in [2.24, 2.45) is 0 Å². The van der Waals surface area contributed by atoms with Crippen LogP contribution in [0.15, 0.2) is 0 Å². The third-order valence-electron chi connectivity index (χ3n) is 1.34. The van der Waals surface area contributed by atoms with Gasteiger partial charge in [-0.25, -0.2) is 5.01 Å². The lowest BCUT2D eigenvalue weighted by Crippen LogP contribution is -2.30. The van der Waals surface area contributed by atoms with Gasteiger partial charge in [0.15, 0.2) is 0 Å². The zero-order valence-corrected chi connectivity index (χ0v) is 4.94. The average molecular weight is 100 g/mol. The van der Waals surface area contributed by atoms with Crippen LogP contribution in [-0.4, -0.2) is 24.6 Å². The standard InChI is InChI=1S/C5H12N2/c1-5-3-4-7(2)6-5/h5-6H,3-4H2,1-2H3. The lowest BCUT2D eigenvalue weighted by atomic mass is 10.3. The molecular formula is C5H12N2. The second kappa shape index (κ2) is 1.80. The van der Waals surface area contributed by atoms with E-state index in [0.717, 1.165) is 0 Å². The molecule has 1 N–H and O–H groups in total. The topological polar surface area (TPSA) is 15.3 Å². The molecule has 0 saturated carbocycles. The van der Waals surface area contributed by atoms with Gasteiger partial charge in [-0.1, -0.05) is 0 Å². The molecule has 7 heavy (non-hydrogen) atoms. The normalized spacial score (nSPS) is 34.3. The van der Waals surface area contributed by atoms with E-state index in [-0.39, 0.29) is 0 Å². The largest absolute Gasteiger partial charge is 0.253 e. The molecule has 0 bridgehead atoms. The van der Waals surface area contributed by atoms with E-state index in [1.165, 1.54) is 13.0 Å². The van der Waals surface area contributed by atoms with Gasteiger partial charge in [0, 0.05) is 19.6 Å². The minimum atomic E-state index is 0.699. The van der Waals surface area contributed by atoms with Crippen molar-refractivity contribution in [1.29, 1.82) is 0 Å². The van der Waals surface area contributed by atoms with E-state index in [1.807, 2.05) is 0 Å². The second-order valence-corrected chi connectivity index (χ2v) is 2.24. The molecule has 2 heteroatoms. The zero-order chi connectivity index (χ0) is 5.28. The summed E-state index contributed by atoms with van der Waals surface area (Å²) in [7, 11) is 2.07. The van der Waals surface area contributed by atoms with Gasteiger partial charge in [-0.15, -0.1) is 0 Å². The summed E-state index contributed by atoms with van der Waals surface area (Å²) in [5.41, 5.74) is 3.25. The molecule has 1 aliphatic rings. The van der Waals surface area contributed by atoms with Crippen LogP contribution in [0.1, 0.15) is 13.3 Å². The SMILES string of the molecule is CC1CCN(C)N1. The maximum Gasteiger partial charge on any atom is 0.0199 e. The maximum atomic E-state index is 3.25. The first kappa shape index (κ1) is 5.06. The van der Waals surface area contributed by atoms with Crippen LogP contribution in [-0.2, 0) is 0 Å². The molecule has 1 atom stereocenters. The van der Waals surface area contributed by atoms with Crippen molar-refractivity contribution in [2.45, 2.75) is 19.4 Å². The van der Waals surface area contributed by atoms with E-state index in [1.54, 1.807) is 0 Å².